The summed E-state index contributed by atoms with van der Waals surface area (Å²) in [5, 5.41) is 0. The maximum atomic E-state index is 11.0. The van der Waals surface area contributed by atoms with Crippen LogP contribution in [-0.2, 0) is 9.05 Å². The Morgan fingerprint density at radius 3 is 2.62 bits per heavy atom. The van der Waals surface area contributed by atoms with Crippen molar-refractivity contribution in [2.45, 2.75) is 11.8 Å². The molecule has 0 radical (unpaired) electrons. The van der Waals surface area contributed by atoms with Crippen LogP contribution < -0.4 is 4.74 Å². The van der Waals surface area contributed by atoms with E-state index in [0.717, 1.165) is 0 Å². The second-order valence-corrected chi connectivity index (χ2v) is 4.95. The Balaban J connectivity index is 3.39. The molecule has 0 unspecified atom stereocenters. The molecule has 1 aromatic rings. The van der Waals surface area contributed by atoms with E-state index in [1.165, 1.54) is 19.4 Å². The lowest BCUT2D eigenvalue weighted by atomic mass is 10.3. The molecule has 0 aliphatic heterocycles. The fraction of sp³-hybridized carbons (Fsp3) is 0.286. The van der Waals surface area contributed by atoms with Gasteiger partial charge in [0.05, 0.1) is 13.3 Å². The van der Waals surface area contributed by atoms with Crippen molar-refractivity contribution >= 4 is 19.7 Å². The van der Waals surface area contributed by atoms with E-state index < -0.39 is 9.05 Å². The number of rotatable bonds is 2. The first-order chi connectivity index (χ1) is 5.95. The lowest BCUT2D eigenvalue weighted by Crippen LogP contribution is -1.98. The van der Waals surface area contributed by atoms with Gasteiger partial charge in [-0.3, -0.25) is 4.98 Å². The van der Waals surface area contributed by atoms with Crippen molar-refractivity contribution in [1.82, 2.24) is 4.98 Å². The molecule has 0 amide bonds. The third-order valence-electron chi connectivity index (χ3n) is 1.45. The van der Waals surface area contributed by atoms with Gasteiger partial charge in [-0.2, -0.15) is 0 Å². The molecular formula is C7H8ClNO3S. The molecule has 13 heavy (non-hydrogen) atoms. The standard InChI is InChI=1S/C7H8ClNO3S/c1-5-3-6(12-2)7(4-9-5)13(8,10)11/h3-4H,1-2H3. The zero-order chi connectivity index (χ0) is 10.1. The van der Waals surface area contributed by atoms with Gasteiger partial charge in [-0.15, -0.1) is 0 Å². The van der Waals surface area contributed by atoms with Gasteiger partial charge in [0.25, 0.3) is 9.05 Å². The van der Waals surface area contributed by atoms with Crippen molar-refractivity contribution in [1.29, 1.82) is 0 Å². The fourth-order valence-corrected chi connectivity index (χ4v) is 1.77. The zero-order valence-corrected chi connectivity index (χ0v) is 8.69. The predicted molar refractivity (Wildman–Crippen MR) is 48.6 cm³/mol. The number of halogens is 1. The van der Waals surface area contributed by atoms with E-state index in [1.54, 1.807) is 6.92 Å². The Labute approximate surface area is 80.9 Å². The molecule has 1 heterocycles. The van der Waals surface area contributed by atoms with Gasteiger partial charge in [0, 0.05) is 22.4 Å². The maximum Gasteiger partial charge on any atom is 0.266 e. The van der Waals surface area contributed by atoms with Gasteiger partial charge < -0.3 is 4.74 Å². The summed E-state index contributed by atoms with van der Waals surface area (Å²) in [5.74, 6) is 0.211. The van der Waals surface area contributed by atoms with Crippen LogP contribution in [0, 0.1) is 6.92 Å². The van der Waals surface area contributed by atoms with Gasteiger partial charge >= 0.3 is 0 Å². The molecule has 6 heteroatoms. The van der Waals surface area contributed by atoms with Crippen LogP contribution in [-0.4, -0.2) is 20.5 Å². The summed E-state index contributed by atoms with van der Waals surface area (Å²) in [6.45, 7) is 1.73. The van der Waals surface area contributed by atoms with Crippen LogP contribution in [0.4, 0.5) is 0 Å². The van der Waals surface area contributed by atoms with E-state index in [1.807, 2.05) is 0 Å². The van der Waals surface area contributed by atoms with Crippen molar-refractivity contribution in [2.75, 3.05) is 7.11 Å². The minimum atomic E-state index is -3.78. The van der Waals surface area contributed by atoms with Gasteiger partial charge in [0.1, 0.15) is 10.6 Å². The molecule has 0 aromatic carbocycles. The minimum absolute atomic E-state index is 0.109. The van der Waals surface area contributed by atoms with Crippen molar-refractivity contribution in [3.8, 4) is 5.75 Å². The first-order valence-electron chi connectivity index (χ1n) is 3.40. The Morgan fingerprint density at radius 1 is 1.54 bits per heavy atom. The molecule has 0 saturated carbocycles. The number of pyridine rings is 1. The van der Waals surface area contributed by atoms with E-state index in [9.17, 15) is 8.42 Å². The largest absolute Gasteiger partial charge is 0.495 e. The number of ether oxygens (including phenoxy) is 1. The van der Waals surface area contributed by atoms with Crippen LogP contribution in [0.25, 0.3) is 0 Å². The lowest BCUT2D eigenvalue weighted by Gasteiger charge is -2.04. The second kappa shape index (κ2) is 3.51. The van der Waals surface area contributed by atoms with Crippen LogP contribution in [0.15, 0.2) is 17.2 Å². The first-order valence-corrected chi connectivity index (χ1v) is 5.71. The Kier molecular flexibility index (Phi) is 2.77. The van der Waals surface area contributed by atoms with E-state index in [2.05, 4.69) is 4.98 Å². The summed E-state index contributed by atoms with van der Waals surface area (Å²) < 4.78 is 26.8. The van der Waals surface area contributed by atoms with Crippen LogP contribution in [0.2, 0.25) is 0 Å². The Bertz CT molecular complexity index is 416. The van der Waals surface area contributed by atoms with Gasteiger partial charge in [-0.1, -0.05) is 0 Å². The van der Waals surface area contributed by atoms with Gasteiger partial charge in [-0.25, -0.2) is 8.42 Å². The summed E-state index contributed by atoms with van der Waals surface area (Å²) in [5.41, 5.74) is 0.668. The van der Waals surface area contributed by atoms with Crippen LogP contribution >= 0.6 is 10.7 Å². The van der Waals surface area contributed by atoms with Gasteiger partial charge in [0.2, 0.25) is 0 Å². The highest BCUT2D eigenvalue weighted by Gasteiger charge is 2.16. The Morgan fingerprint density at radius 2 is 2.15 bits per heavy atom. The third-order valence-corrected chi connectivity index (χ3v) is 2.78. The van der Waals surface area contributed by atoms with Crippen LogP contribution in [0.3, 0.4) is 0 Å². The van der Waals surface area contributed by atoms with E-state index in [0.29, 0.717) is 5.69 Å². The number of methoxy groups -OCH3 is 1. The Hall–Kier alpha value is -0.810. The molecule has 0 aliphatic rings. The number of hydrogen-bond donors (Lipinski definition) is 0. The molecule has 0 N–H and O–H groups in total. The van der Waals surface area contributed by atoms with Crippen molar-refractivity contribution in [3.05, 3.63) is 18.0 Å². The third kappa shape index (κ3) is 2.32. The molecule has 72 valence electrons. The smallest absolute Gasteiger partial charge is 0.266 e. The van der Waals surface area contributed by atoms with E-state index in [4.69, 9.17) is 15.4 Å². The fourth-order valence-electron chi connectivity index (χ4n) is 0.865. The summed E-state index contributed by atoms with van der Waals surface area (Å²) in [4.78, 5) is 3.70. The molecule has 0 spiro atoms. The lowest BCUT2D eigenvalue weighted by molar-refractivity contribution is 0.402. The average Bonchev–Trinajstić information content (AvgIpc) is 2.01. The normalized spacial score (nSPS) is 11.3. The molecular weight excluding hydrogens is 214 g/mol. The highest BCUT2D eigenvalue weighted by atomic mass is 35.7. The highest BCUT2D eigenvalue weighted by Crippen LogP contribution is 2.25. The quantitative estimate of drug-likeness (QED) is 0.707. The van der Waals surface area contributed by atoms with E-state index >= 15 is 0 Å². The van der Waals surface area contributed by atoms with Crippen LogP contribution in [0.1, 0.15) is 5.69 Å². The first kappa shape index (κ1) is 10.3. The number of aryl methyl sites for hydroxylation is 1. The van der Waals surface area contributed by atoms with Crippen molar-refractivity contribution in [3.63, 3.8) is 0 Å². The van der Waals surface area contributed by atoms with Crippen LogP contribution in [0.5, 0.6) is 5.75 Å². The number of hydrogen-bond acceptors (Lipinski definition) is 4. The second-order valence-electron chi connectivity index (χ2n) is 2.41. The number of nitrogens with zero attached hydrogens (tertiary/aromatic N) is 1. The van der Waals surface area contributed by atoms with Gasteiger partial charge in [0.15, 0.2) is 0 Å². The molecule has 0 atom stereocenters. The summed E-state index contributed by atoms with van der Waals surface area (Å²) in [6, 6.07) is 1.51. The average molecular weight is 222 g/mol. The van der Waals surface area contributed by atoms with Crippen molar-refractivity contribution < 1.29 is 13.2 Å². The maximum absolute atomic E-state index is 11.0. The summed E-state index contributed by atoms with van der Waals surface area (Å²) in [7, 11) is 2.74. The molecule has 1 aromatic heterocycles. The van der Waals surface area contributed by atoms with Gasteiger partial charge in [-0.05, 0) is 6.92 Å². The number of aromatic nitrogens is 1. The monoisotopic (exact) mass is 221 g/mol. The van der Waals surface area contributed by atoms with Crippen molar-refractivity contribution in [2.24, 2.45) is 0 Å². The molecule has 4 nitrogen and oxygen atoms in total. The zero-order valence-electron chi connectivity index (χ0n) is 7.11. The molecule has 0 bridgehead atoms. The highest BCUT2D eigenvalue weighted by molar-refractivity contribution is 8.13. The molecule has 0 aliphatic carbocycles. The predicted octanol–water partition coefficient (Wildman–Crippen LogP) is 1.33. The summed E-state index contributed by atoms with van der Waals surface area (Å²) in [6.07, 6.45) is 1.18. The van der Waals surface area contributed by atoms with E-state index in [-0.39, 0.29) is 10.6 Å². The molecule has 0 fully saturated rings. The summed E-state index contributed by atoms with van der Waals surface area (Å²) >= 11 is 0. The SMILES string of the molecule is COc1cc(C)ncc1S(=O)(=O)Cl. The molecule has 1 rings (SSSR count). The minimum Gasteiger partial charge on any atom is -0.495 e. The molecule has 0 saturated heterocycles. The topological polar surface area (TPSA) is 56.3 Å².